The van der Waals surface area contributed by atoms with Crippen molar-refractivity contribution >= 4 is 11.9 Å². The van der Waals surface area contributed by atoms with Gasteiger partial charge in [-0.25, -0.2) is 0 Å². The SMILES string of the molecule is CC=Nc1cccc(C#N)c1. The fourth-order valence-corrected chi connectivity index (χ4v) is 0.805. The van der Waals surface area contributed by atoms with Crippen molar-refractivity contribution in [1.82, 2.24) is 0 Å². The van der Waals surface area contributed by atoms with E-state index in [1.54, 1.807) is 18.3 Å². The van der Waals surface area contributed by atoms with E-state index >= 15 is 0 Å². The molecule has 0 aliphatic heterocycles. The molecular weight excluding hydrogens is 136 g/mol. The van der Waals surface area contributed by atoms with Gasteiger partial charge in [-0.3, -0.25) is 4.99 Å². The van der Waals surface area contributed by atoms with Gasteiger partial charge in [0.25, 0.3) is 0 Å². The van der Waals surface area contributed by atoms with E-state index in [0.717, 1.165) is 5.69 Å². The standard InChI is InChI=1S/C9H8N2/c1-2-11-9-5-3-4-8(6-9)7-10/h2-6H,1H3. The second-order valence-corrected chi connectivity index (χ2v) is 2.05. The molecule has 0 amide bonds. The Balaban J connectivity index is 3.03. The molecule has 1 aromatic carbocycles. The van der Waals surface area contributed by atoms with Crippen LogP contribution in [0.4, 0.5) is 5.69 Å². The largest absolute Gasteiger partial charge is 0.262 e. The van der Waals surface area contributed by atoms with Crippen molar-refractivity contribution in [2.24, 2.45) is 4.99 Å². The van der Waals surface area contributed by atoms with Crippen LogP contribution in [0.2, 0.25) is 0 Å². The molecule has 0 saturated carbocycles. The van der Waals surface area contributed by atoms with E-state index in [2.05, 4.69) is 11.1 Å². The summed E-state index contributed by atoms with van der Waals surface area (Å²) >= 11 is 0. The zero-order chi connectivity index (χ0) is 8.10. The molecular formula is C9H8N2. The summed E-state index contributed by atoms with van der Waals surface area (Å²) in [7, 11) is 0. The Hall–Kier alpha value is -1.62. The number of nitrogens with zero attached hydrogens (tertiary/aromatic N) is 2. The molecule has 2 nitrogen and oxygen atoms in total. The lowest BCUT2D eigenvalue weighted by molar-refractivity contribution is 1.46. The van der Waals surface area contributed by atoms with E-state index < -0.39 is 0 Å². The van der Waals surface area contributed by atoms with E-state index in [9.17, 15) is 0 Å². The van der Waals surface area contributed by atoms with E-state index in [-0.39, 0.29) is 0 Å². The third-order valence-electron chi connectivity index (χ3n) is 1.25. The number of rotatable bonds is 1. The van der Waals surface area contributed by atoms with Gasteiger partial charge >= 0.3 is 0 Å². The summed E-state index contributed by atoms with van der Waals surface area (Å²) in [5.74, 6) is 0. The lowest BCUT2D eigenvalue weighted by Crippen LogP contribution is -1.71. The molecule has 0 bridgehead atoms. The first-order chi connectivity index (χ1) is 5.36. The van der Waals surface area contributed by atoms with Gasteiger partial charge in [-0.05, 0) is 25.1 Å². The Morgan fingerprint density at radius 1 is 1.55 bits per heavy atom. The predicted molar refractivity (Wildman–Crippen MR) is 45.0 cm³/mol. The topological polar surface area (TPSA) is 36.1 Å². The maximum atomic E-state index is 8.53. The number of benzene rings is 1. The van der Waals surface area contributed by atoms with Gasteiger partial charge in [0.15, 0.2) is 0 Å². The summed E-state index contributed by atoms with van der Waals surface area (Å²) in [6.45, 7) is 1.85. The van der Waals surface area contributed by atoms with Crippen LogP contribution in [-0.2, 0) is 0 Å². The lowest BCUT2D eigenvalue weighted by atomic mass is 10.2. The predicted octanol–water partition coefficient (Wildman–Crippen LogP) is 2.28. The third-order valence-corrected chi connectivity index (χ3v) is 1.25. The molecule has 1 aromatic rings. The average molecular weight is 144 g/mol. The van der Waals surface area contributed by atoms with E-state index in [4.69, 9.17) is 5.26 Å². The van der Waals surface area contributed by atoms with Crippen molar-refractivity contribution in [3.63, 3.8) is 0 Å². The number of hydrogen-bond acceptors (Lipinski definition) is 2. The van der Waals surface area contributed by atoms with Crippen LogP contribution in [0, 0.1) is 11.3 Å². The Morgan fingerprint density at radius 2 is 2.36 bits per heavy atom. The van der Waals surface area contributed by atoms with Gasteiger partial charge in [-0.15, -0.1) is 0 Å². The number of hydrogen-bond donors (Lipinski definition) is 0. The highest BCUT2D eigenvalue weighted by molar-refractivity contribution is 5.61. The summed E-state index contributed by atoms with van der Waals surface area (Å²) in [5, 5.41) is 8.53. The molecule has 11 heavy (non-hydrogen) atoms. The quantitative estimate of drug-likeness (QED) is 0.557. The molecule has 0 saturated heterocycles. The Labute approximate surface area is 65.8 Å². The van der Waals surface area contributed by atoms with Gasteiger partial charge in [0.1, 0.15) is 0 Å². The van der Waals surface area contributed by atoms with Gasteiger partial charge in [-0.1, -0.05) is 6.07 Å². The van der Waals surface area contributed by atoms with Crippen LogP contribution in [0.15, 0.2) is 29.3 Å². The summed E-state index contributed by atoms with van der Waals surface area (Å²) < 4.78 is 0. The maximum absolute atomic E-state index is 8.53. The lowest BCUT2D eigenvalue weighted by Gasteiger charge is -1.91. The Kier molecular flexibility index (Phi) is 2.40. The molecule has 2 heteroatoms. The molecule has 0 spiro atoms. The fourth-order valence-electron chi connectivity index (χ4n) is 0.805. The molecule has 0 fully saturated rings. The van der Waals surface area contributed by atoms with Crippen LogP contribution in [0.5, 0.6) is 0 Å². The normalized spacial score (nSPS) is 9.82. The van der Waals surface area contributed by atoms with Gasteiger partial charge in [0.05, 0.1) is 17.3 Å². The molecule has 0 aliphatic rings. The second-order valence-electron chi connectivity index (χ2n) is 2.05. The first kappa shape index (κ1) is 7.49. The Bertz CT molecular complexity index is 308. The molecule has 54 valence electrons. The molecule has 0 heterocycles. The van der Waals surface area contributed by atoms with E-state index in [1.165, 1.54) is 0 Å². The van der Waals surface area contributed by atoms with Gasteiger partial charge in [-0.2, -0.15) is 5.26 Å². The minimum atomic E-state index is 0.646. The molecule has 0 aliphatic carbocycles. The van der Waals surface area contributed by atoms with E-state index in [0.29, 0.717) is 5.56 Å². The van der Waals surface area contributed by atoms with Crippen LogP contribution in [-0.4, -0.2) is 6.21 Å². The smallest absolute Gasteiger partial charge is 0.0992 e. The van der Waals surface area contributed by atoms with Gasteiger partial charge in [0, 0.05) is 6.21 Å². The molecule has 0 unspecified atom stereocenters. The van der Waals surface area contributed by atoms with Crippen molar-refractivity contribution in [1.29, 1.82) is 5.26 Å². The van der Waals surface area contributed by atoms with E-state index in [1.807, 2.05) is 19.1 Å². The zero-order valence-corrected chi connectivity index (χ0v) is 6.28. The van der Waals surface area contributed by atoms with Crippen LogP contribution in [0.1, 0.15) is 12.5 Å². The zero-order valence-electron chi connectivity index (χ0n) is 6.28. The first-order valence-corrected chi connectivity index (χ1v) is 3.35. The van der Waals surface area contributed by atoms with Crippen molar-refractivity contribution in [2.75, 3.05) is 0 Å². The minimum absolute atomic E-state index is 0.646. The molecule has 0 aromatic heterocycles. The average Bonchev–Trinajstić information content (AvgIpc) is 2.06. The van der Waals surface area contributed by atoms with Gasteiger partial charge < -0.3 is 0 Å². The molecule has 0 atom stereocenters. The summed E-state index contributed by atoms with van der Waals surface area (Å²) in [5.41, 5.74) is 1.47. The van der Waals surface area contributed by atoms with Crippen LogP contribution >= 0.6 is 0 Å². The van der Waals surface area contributed by atoms with Crippen LogP contribution in [0.25, 0.3) is 0 Å². The maximum Gasteiger partial charge on any atom is 0.0992 e. The second kappa shape index (κ2) is 3.52. The van der Waals surface area contributed by atoms with Crippen molar-refractivity contribution in [3.8, 4) is 6.07 Å². The Morgan fingerprint density at radius 3 is 3.00 bits per heavy atom. The van der Waals surface area contributed by atoms with Crippen molar-refractivity contribution < 1.29 is 0 Å². The van der Waals surface area contributed by atoms with Gasteiger partial charge in [0.2, 0.25) is 0 Å². The fraction of sp³-hybridized carbons (Fsp3) is 0.111. The van der Waals surface area contributed by atoms with Crippen molar-refractivity contribution in [3.05, 3.63) is 29.8 Å². The molecule has 0 radical (unpaired) electrons. The van der Waals surface area contributed by atoms with Crippen LogP contribution < -0.4 is 0 Å². The summed E-state index contributed by atoms with van der Waals surface area (Å²) in [4.78, 5) is 4.04. The first-order valence-electron chi connectivity index (χ1n) is 3.35. The summed E-state index contributed by atoms with van der Waals surface area (Å²) in [6.07, 6.45) is 1.70. The minimum Gasteiger partial charge on any atom is -0.262 e. The highest BCUT2D eigenvalue weighted by atomic mass is 14.7. The third kappa shape index (κ3) is 1.91. The molecule has 0 N–H and O–H groups in total. The monoisotopic (exact) mass is 144 g/mol. The highest BCUT2D eigenvalue weighted by Gasteiger charge is 1.89. The number of aliphatic imine (C=N–C) groups is 1. The highest BCUT2D eigenvalue weighted by Crippen LogP contribution is 2.12. The van der Waals surface area contributed by atoms with Crippen LogP contribution in [0.3, 0.4) is 0 Å². The molecule has 1 rings (SSSR count). The number of nitriles is 1. The summed E-state index contributed by atoms with van der Waals surface area (Å²) in [6, 6.07) is 9.24. The van der Waals surface area contributed by atoms with Crippen molar-refractivity contribution in [2.45, 2.75) is 6.92 Å².